The van der Waals surface area contributed by atoms with Crippen molar-refractivity contribution in [2.45, 2.75) is 30.2 Å². The van der Waals surface area contributed by atoms with Crippen LogP contribution in [0.2, 0.25) is 10.0 Å². The molecule has 0 radical (unpaired) electrons. The average molecular weight is 584 g/mol. The summed E-state index contributed by atoms with van der Waals surface area (Å²) in [5.74, 6) is -2.06. The molecule has 3 aromatic rings. The fourth-order valence-electron chi connectivity index (χ4n) is 4.06. The standard InChI is InChI=1S/C23H27Cl2N7O5S/c24-16-5-2-6-17(25)20(16)38(36,37)31-18(22(34)35)13-29-21(33)14-4-1-7-19-15(14)12-30-32(19)11-3-8-26-23-27-9-10-28-23/h1-2,4-7,12,18,23,26-28,31H,3,8-11,13H2,(H,29,33)(H,34,35). The molecule has 1 aliphatic rings. The van der Waals surface area contributed by atoms with Crippen molar-refractivity contribution in [3.63, 3.8) is 0 Å². The first-order chi connectivity index (χ1) is 18.2. The summed E-state index contributed by atoms with van der Waals surface area (Å²) >= 11 is 11.9. The number of halogens is 2. The zero-order valence-corrected chi connectivity index (χ0v) is 22.4. The summed E-state index contributed by atoms with van der Waals surface area (Å²) in [7, 11) is -4.40. The summed E-state index contributed by atoms with van der Waals surface area (Å²) in [5.41, 5.74) is 1.03. The fraction of sp³-hybridized carbons (Fsp3) is 0.348. The van der Waals surface area contributed by atoms with Crippen LogP contribution in [0, 0.1) is 0 Å². The highest BCUT2D eigenvalue weighted by Crippen LogP contribution is 2.29. The highest BCUT2D eigenvalue weighted by atomic mass is 35.5. The van der Waals surface area contributed by atoms with E-state index in [-0.39, 0.29) is 21.9 Å². The molecule has 1 unspecified atom stereocenters. The molecule has 15 heteroatoms. The molecule has 1 fully saturated rings. The zero-order chi connectivity index (χ0) is 27.3. The number of rotatable bonds is 12. The van der Waals surface area contributed by atoms with Crippen LogP contribution in [0.3, 0.4) is 0 Å². The van der Waals surface area contributed by atoms with E-state index in [1.54, 1.807) is 23.0 Å². The second-order valence-electron chi connectivity index (χ2n) is 8.53. The van der Waals surface area contributed by atoms with Crippen LogP contribution in [0.25, 0.3) is 10.9 Å². The Kier molecular flexibility index (Phi) is 9.20. The SMILES string of the molecule is O=C(NCC(NS(=O)(=O)c1c(Cl)cccc1Cl)C(=O)O)c1cccc2c1cnn2CCCNC1NCCN1. The lowest BCUT2D eigenvalue weighted by Gasteiger charge is -2.17. The summed E-state index contributed by atoms with van der Waals surface area (Å²) in [4.78, 5) is 24.3. The van der Waals surface area contributed by atoms with Crippen LogP contribution in [-0.4, -0.2) is 73.7 Å². The Bertz CT molecular complexity index is 1410. The first-order valence-electron chi connectivity index (χ1n) is 11.8. The van der Waals surface area contributed by atoms with Gasteiger partial charge in [-0.25, -0.2) is 8.42 Å². The molecular formula is C23H27Cl2N7O5S. The number of carbonyl (C=O) groups is 2. The first-order valence-corrected chi connectivity index (χ1v) is 14.0. The average Bonchev–Trinajstić information content (AvgIpc) is 3.53. The molecule has 0 bridgehead atoms. The van der Waals surface area contributed by atoms with Crippen molar-refractivity contribution >= 4 is 56.0 Å². The predicted molar refractivity (Wildman–Crippen MR) is 143 cm³/mol. The number of benzene rings is 2. The molecule has 1 atom stereocenters. The minimum Gasteiger partial charge on any atom is -0.480 e. The van der Waals surface area contributed by atoms with Gasteiger partial charge in [0.15, 0.2) is 0 Å². The molecule has 12 nitrogen and oxygen atoms in total. The summed E-state index contributed by atoms with van der Waals surface area (Å²) in [5, 5.41) is 26.6. The van der Waals surface area contributed by atoms with Crippen LogP contribution < -0.4 is 26.0 Å². The third-order valence-electron chi connectivity index (χ3n) is 5.90. The number of aryl methyl sites for hydroxylation is 1. The second-order valence-corrected chi connectivity index (χ2v) is 11.0. The van der Waals surface area contributed by atoms with Gasteiger partial charge < -0.3 is 10.4 Å². The van der Waals surface area contributed by atoms with Crippen molar-refractivity contribution < 1.29 is 23.1 Å². The summed E-state index contributed by atoms with van der Waals surface area (Å²) in [6.07, 6.45) is 2.48. The van der Waals surface area contributed by atoms with Gasteiger partial charge in [-0.2, -0.15) is 9.82 Å². The lowest BCUT2D eigenvalue weighted by Crippen LogP contribution is -2.48. The van der Waals surface area contributed by atoms with E-state index in [0.29, 0.717) is 11.9 Å². The Balaban J connectivity index is 1.40. The number of fused-ring (bicyclic) bond motifs is 1. The highest BCUT2D eigenvalue weighted by Gasteiger charge is 2.29. The topological polar surface area (TPSA) is 166 Å². The Morgan fingerprint density at radius 3 is 2.50 bits per heavy atom. The van der Waals surface area contributed by atoms with Gasteiger partial charge in [0, 0.05) is 31.6 Å². The summed E-state index contributed by atoms with van der Waals surface area (Å²) in [6, 6.07) is 7.57. The van der Waals surface area contributed by atoms with Crippen molar-refractivity contribution in [3.05, 3.63) is 58.2 Å². The molecule has 1 amide bonds. The van der Waals surface area contributed by atoms with Gasteiger partial charge in [0.05, 0.1) is 27.3 Å². The van der Waals surface area contributed by atoms with Crippen LogP contribution in [0.1, 0.15) is 16.8 Å². The van der Waals surface area contributed by atoms with E-state index in [4.69, 9.17) is 23.2 Å². The van der Waals surface area contributed by atoms with Crippen LogP contribution in [0.4, 0.5) is 0 Å². The number of sulfonamides is 1. The van der Waals surface area contributed by atoms with E-state index in [2.05, 4.69) is 26.4 Å². The molecule has 0 saturated carbocycles. The summed E-state index contributed by atoms with van der Waals surface area (Å²) < 4.78 is 29.4. The number of hydrogen-bond donors (Lipinski definition) is 6. The predicted octanol–water partition coefficient (Wildman–Crippen LogP) is 0.961. The number of nitrogens with one attached hydrogen (secondary N) is 5. The van der Waals surface area contributed by atoms with Gasteiger partial charge in [0.25, 0.3) is 5.91 Å². The molecule has 0 spiro atoms. The van der Waals surface area contributed by atoms with Gasteiger partial charge in [0.1, 0.15) is 17.2 Å². The molecule has 2 aromatic carbocycles. The Labute approximate surface area is 229 Å². The van der Waals surface area contributed by atoms with Crippen molar-refractivity contribution in [1.29, 1.82) is 0 Å². The molecule has 1 saturated heterocycles. The van der Waals surface area contributed by atoms with Gasteiger partial charge >= 0.3 is 5.97 Å². The van der Waals surface area contributed by atoms with Crippen molar-refractivity contribution in [1.82, 2.24) is 35.8 Å². The molecule has 6 N–H and O–H groups in total. The molecule has 204 valence electrons. The van der Waals surface area contributed by atoms with Gasteiger partial charge in [-0.1, -0.05) is 35.3 Å². The fourth-order valence-corrected chi connectivity index (χ4v) is 6.39. The third kappa shape index (κ3) is 6.61. The molecule has 38 heavy (non-hydrogen) atoms. The lowest BCUT2D eigenvalue weighted by molar-refractivity contribution is -0.138. The van der Waals surface area contributed by atoms with Crippen molar-refractivity contribution in [2.24, 2.45) is 0 Å². The number of carboxylic acid groups (broad SMARTS) is 1. The molecular weight excluding hydrogens is 557 g/mol. The summed E-state index contributed by atoms with van der Waals surface area (Å²) in [6.45, 7) is 2.71. The molecule has 1 aromatic heterocycles. The third-order valence-corrected chi connectivity index (χ3v) is 8.33. The van der Waals surface area contributed by atoms with E-state index < -0.39 is 39.4 Å². The maximum absolute atomic E-state index is 13.0. The van der Waals surface area contributed by atoms with Gasteiger partial charge in [-0.15, -0.1) is 0 Å². The van der Waals surface area contributed by atoms with Crippen LogP contribution in [0.5, 0.6) is 0 Å². The molecule has 0 aliphatic carbocycles. The van der Waals surface area contributed by atoms with Gasteiger partial charge in [-0.05, 0) is 37.2 Å². The molecule has 2 heterocycles. The largest absolute Gasteiger partial charge is 0.480 e. The van der Waals surface area contributed by atoms with Crippen molar-refractivity contribution in [3.8, 4) is 0 Å². The smallest absolute Gasteiger partial charge is 0.323 e. The number of carbonyl (C=O) groups excluding carboxylic acids is 1. The number of aliphatic carboxylic acids is 1. The Hall–Kier alpha value is -2.78. The molecule has 1 aliphatic heterocycles. The molecule has 4 rings (SSSR count). The van der Waals surface area contributed by atoms with E-state index in [1.807, 2.05) is 10.8 Å². The zero-order valence-electron chi connectivity index (χ0n) is 20.1. The maximum Gasteiger partial charge on any atom is 0.323 e. The van der Waals surface area contributed by atoms with Gasteiger partial charge in [0.2, 0.25) is 10.0 Å². The monoisotopic (exact) mass is 583 g/mol. The van der Waals surface area contributed by atoms with Crippen LogP contribution in [0.15, 0.2) is 47.5 Å². The van der Waals surface area contributed by atoms with Crippen molar-refractivity contribution in [2.75, 3.05) is 26.2 Å². The van der Waals surface area contributed by atoms with Crippen LogP contribution in [-0.2, 0) is 21.4 Å². The van der Waals surface area contributed by atoms with E-state index in [9.17, 15) is 23.1 Å². The quantitative estimate of drug-likeness (QED) is 0.170. The minimum atomic E-state index is -4.40. The van der Waals surface area contributed by atoms with E-state index in [0.717, 1.165) is 31.6 Å². The number of nitrogens with zero attached hydrogens (tertiary/aromatic N) is 2. The normalized spacial score (nSPS) is 15.1. The Morgan fingerprint density at radius 1 is 1.13 bits per heavy atom. The van der Waals surface area contributed by atoms with E-state index >= 15 is 0 Å². The number of aromatic nitrogens is 2. The number of amides is 1. The highest BCUT2D eigenvalue weighted by molar-refractivity contribution is 7.89. The number of hydrogen-bond acceptors (Lipinski definition) is 8. The number of carboxylic acids is 1. The maximum atomic E-state index is 13.0. The van der Waals surface area contributed by atoms with Gasteiger partial charge in [-0.3, -0.25) is 30.2 Å². The lowest BCUT2D eigenvalue weighted by atomic mass is 10.1. The Morgan fingerprint density at radius 2 is 1.82 bits per heavy atom. The second kappa shape index (κ2) is 12.4. The van der Waals surface area contributed by atoms with E-state index in [1.165, 1.54) is 18.2 Å². The van der Waals surface area contributed by atoms with Crippen LogP contribution >= 0.6 is 23.2 Å². The first kappa shape index (κ1) is 28.2. The minimum absolute atomic E-state index is 0.0976.